The van der Waals surface area contributed by atoms with E-state index >= 15 is 0 Å². The fourth-order valence-electron chi connectivity index (χ4n) is 2.90. The zero-order valence-corrected chi connectivity index (χ0v) is 15.0. The van der Waals surface area contributed by atoms with Gasteiger partial charge in [-0.3, -0.25) is 9.20 Å². The Morgan fingerprint density at radius 1 is 1.00 bits per heavy atom. The van der Waals surface area contributed by atoms with E-state index in [2.05, 4.69) is 15.5 Å². The van der Waals surface area contributed by atoms with Gasteiger partial charge in [0.25, 0.3) is 5.91 Å². The first-order valence-electron chi connectivity index (χ1n) is 8.64. The molecule has 0 aliphatic heterocycles. The molecule has 0 spiro atoms. The van der Waals surface area contributed by atoms with Gasteiger partial charge in [-0.2, -0.15) is 0 Å². The van der Waals surface area contributed by atoms with Gasteiger partial charge in [0.2, 0.25) is 0 Å². The minimum Gasteiger partial charge on any atom is -0.348 e. The SMILES string of the molecule is Cc1ccc(CNC(=O)c2ccn3c(-c4cc(F)cc(F)c4)nnc3c2)cc1. The summed E-state index contributed by atoms with van der Waals surface area (Å²) in [5.41, 5.74) is 3.24. The number of halogens is 2. The van der Waals surface area contributed by atoms with E-state index in [1.807, 2.05) is 31.2 Å². The van der Waals surface area contributed by atoms with Gasteiger partial charge in [0.05, 0.1) is 0 Å². The molecule has 0 saturated heterocycles. The molecule has 0 atom stereocenters. The van der Waals surface area contributed by atoms with E-state index in [1.54, 1.807) is 22.7 Å². The molecule has 5 nitrogen and oxygen atoms in total. The average molecular weight is 378 g/mol. The number of rotatable bonds is 4. The number of carbonyl (C=O) groups excluding carboxylic acids is 1. The maximum Gasteiger partial charge on any atom is 0.251 e. The van der Waals surface area contributed by atoms with E-state index in [0.717, 1.165) is 17.2 Å². The van der Waals surface area contributed by atoms with Gasteiger partial charge in [0.15, 0.2) is 11.5 Å². The van der Waals surface area contributed by atoms with Gasteiger partial charge in [-0.25, -0.2) is 8.78 Å². The number of fused-ring (bicyclic) bond motifs is 1. The van der Waals surface area contributed by atoms with Gasteiger partial charge in [0.1, 0.15) is 11.6 Å². The Morgan fingerprint density at radius 3 is 2.43 bits per heavy atom. The van der Waals surface area contributed by atoms with Gasteiger partial charge in [-0.1, -0.05) is 29.8 Å². The minimum absolute atomic E-state index is 0.246. The number of aryl methyl sites for hydroxylation is 1. The van der Waals surface area contributed by atoms with E-state index in [0.29, 0.717) is 23.6 Å². The second-order valence-corrected chi connectivity index (χ2v) is 6.49. The number of pyridine rings is 1. The highest BCUT2D eigenvalue weighted by molar-refractivity contribution is 5.95. The molecule has 1 amide bonds. The predicted molar refractivity (Wildman–Crippen MR) is 101 cm³/mol. The van der Waals surface area contributed by atoms with E-state index < -0.39 is 11.6 Å². The van der Waals surface area contributed by atoms with Crippen LogP contribution in [-0.2, 0) is 6.54 Å². The molecule has 0 unspecified atom stereocenters. The third-order valence-electron chi connectivity index (χ3n) is 4.37. The molecule has 2 aromatic heterocycles. The van der Waals surface area contributed by atoms with Crippen molar-refractivity contribution < 1.29 is 13.6 Å². The molecule has 1 N–H and O–H groups in total. The van der Waals surface area contributed by atoms with Crippen LogP contribution in [0.2, 0.25) is 0 Å². The molecule has 0 aliphatic carbocycles. The first kappa shape index (κ1) is 17.8. The molecular weight excluding hydrogens is 362 g/mol. The summed E-state index contributed by atoms with van der Waals surface area (Å²) in [5.74, 6) is -1.35. The molecule has 7 heteroatoms. The predicted octanol–water partition coefficient (Wildman–Crippen LogP) is 3.91. The molecule has 0 radical (unpaired) electrons. The van der Waals surface area contributed by atoms with Crippen LogP contribution in [0.3, 0.4) is 0 Å². The van der Waals surface area contributed by atoms with Crippen LogP contribution in [0.25, 0.3) is 17.0 Å². The fourth-order valence-corrected chi connectivity index (χ4v) is 2.90. The Bertz CT molecular complexity index is 1150. The largest absolute Gasteiger partial charge is 0.348 e. The highest BCUT2D eigenvalue weighted by Gasteiger charge is 2.13. The molecular formula is C21H16F2N4O. The van der Waals surface area contributed by atoms with Crippen LogP contribution in [0.5, 0.6) is 0 Å². The standard InChI is InChI=1S/C21H16F2N4O/c1-13-2-4-14(5-3-13)12-24-21(28)15-6-7-27-19(10-15)25-26-20(27)16-8-17(22)11-18(23)9-16/h2-11H,12H2,1H3,(H,24,28). The van der Waals surface area contributed by atoms with Gasteiger partial charge in [0, 0.05) is 29.9 Å². The minimum atomic E-state index is -0.696. The van der Waals surface area contributed by atoms with Gasteiger partial charge < -0.3 is 5.32 Å². The molecule has 0 bridgehead atoms. The van der Waals surface area contributed by atoms with E-state index in [9.17, 15) is 13.6 Å². The van der Waals surface area contributed by atoms with Gasteiger partial charge in [-0.05, 0) is 36.8 Å². The number of aromatic nitrogens is 3. The summed E-state index contributed by atoms with van der Waals surface area (Å²) in [7, 11) is 0. The smallest absolute Gasteiger partial charge is 0.251 e. The Morgan fingerprint density at radius 2 is 1.71 bits per heavy atom. The maximum absolute atomic E-state index is 13.5. The molecule has 4 aromatic rings. The number of hydrogen-bond acceptors (Lipinski definition) is 3. The normalized spacial score (nSPS) is 11.0. The van der Waals surface area contributed by atoms with Crippen LogP contribution in [0.1, 0.15) is 21.5 Å². The summed E-state index contributed by atoms with van der Waals surface area (Å²) >= 11 is 0. The van der Waals surface area contributed by atoms with Crippen LogP contribution in [-0.4, -0.2) is 20.5 Å². The number of benzene rings is 2. The third-order valence-corrected chi connectivity index (χ3v) is 4.37. The van der Waals surface area contributed by atoms with Crippen LogP contribution in [0.15, 0.2) is 60.8 Å². The molecule has 0 saturated carbocycles. The lowest BCUT2D eigenvalue weighted by molar-refractivity contribution is 0.0951. The first-order chi connectivity index (χ1) is 13.5. The lowest BCUT2D eigenvalue weighted by Crippen LogP contribution is -2.22. The quantitative estimate of drug-likeness (QED) is 0.586. The summed E-state index contributed by atoms with van der Waals surface area (Å²) in [6.07, 6.45) is 1.61. The monoisotopic (exact) mass is 378 g/mol. The summed E-state index contributed by atoms with van der Waals surface area (Å²) in [6.45, 7) is 2.41. The van der Waals surface area contributed by atoms with Crippen molar-refractivity contribution in [1.29, 1.82) is 0 Å². The summed E-state index contributed by atoms with van der Waals surface area (Å²) in [5, 5.41) is 10.9. The number of hydrogen-bond donors (Lipinski definition) is 1. The van der Waals surface area contributed by atoms with Gasteiger partial charge in [-0.15, -0.1) is 10.2 Å². The average Bonchev–Trinajstić information content (AvgIpc) is 3.10. The maximum atomic E-state index is 13.5. The molecule has 2 heterocycles. The fraction of sp³-hybridized carbons (Fsp3) is 0.0952. The lowest BCUT2D eigenvalue weighted by Gasteiger charge is -2.07. The molecule has 2 aromatic carbocycles. The first-order valence-corrected chi connectivity index (χ1v) is 8.64. The summed E-state index contributed by atoms with van der Waals surface area (Å²) in [4.78, 5) is 12.4. The Hall–Kier alpha value is -3.61. The zero-order chi connectivity index (χ0) is 19.7. The molecule has 0 fully saturated rings. The zero-order valence-electron chi connectivity index (χ0n) is 15.0. The molecule has 0 aliphatic rings. The van der Waals surface area contributed by atoms with Crippen molar-refractivity contribution in [3.8, 4) is 11.4 Å². The Labute approximate surface area is 159 Å². The number of amides is 1. The van der Waals surface area contributed by atoms with Crippen molar-refractivity contribution >= 4 is 11.6 Å². The molecule has 28 heavy (non-hydrogen) atoms. The molecule has 140 valence electrons. The van der Waals surface area contributed by atoms with E-state index in [-0.39, 0.29) is 11.5 Å². The number of nitrogens with one attached hydrogen (secondary N) is 1. The number of carbonyl (C=O) groups is 1. The third kappa shape index (κ3) is 3.59. The lowest BCUT2D eigenvalue weighted by atomic mass is 10.1. The Balaban J connectivity index is 1.56. The second-order valence-electron chi connectivity index (χ2n) is 6.49. The number of nitrogens with zero attached hydrogens (tertiary/aromatic N) is 3. The van der Waals surface area contributed by atoms with Crippen molar-refractivity contribution in [1.82, 2.24) is 19.9 Å². The van der Waals surface area contributed by atoms with E-state index in [1.165, 1.54) is 12.1 Å². The molecule has 4 rings (SSSR count). The van der Waals surface area contributed by atoms with E-state index in [4.69, 9.17) is 0 Å². The van der Waals surface area contributed by atoms with Gasteiger partial charge >= 0.3 is 0 Å². The highest BCUT2D eigenvalue weighted by Crippen LogP contribution is 2.21. The van der Waals surface area contributed by atoms with Crippen LogP contribution in [0.4, 0.5) is 8.78 Å². The van der Waals surface area contributed by atoms with Crippen LogP contribution in [0, 0.1) is 18.6 Å². The van der Waals surface area contributed by atoms with Crippen LogP contribution >= 0.6 is 0 Å². The second kappa shape index (κ2) is 7.19. The van der Waals surface area contributed by atoms with Crippen molar-refractivity contribution in [3.05, 3.63) is 89.1 Å². The summed E-state index contributed by atoms with van der Waals surface area (Å²) in [6, 6.07) is 14.2. The summed E-state index contributed by atoms with van der Waals surface area (Å²) < 4.78 is 28.5. The highest BCUT2D eigenvalue weighted by atomic mass is 19.1. The van der Waals surface area contributed by atoms with Crippen molar-refractivity contribution in [2.45, 2.75) is 13.5 Å². The van der Waals surface area contributed by atoms with Crippen molar-refractivity contribution in [3.63, 3.8) is 0 Å². The topological polar surface area (TPSA) is 59.3 Å². The van der Waals surface area contributed by atoms with Crippen molar-refractivity contribution in [2.75, 3.05) is 0 Å². The van der Waals surface area contributed by atoms with Crippen LogP contribution < -0.4 is 5.32 Å². The van der Waals surface area contributed by atoms with Crippen molar-refractivity contribution in [2.24, 2.45) is 0 Å². The Kier molecular flexibility index (Phi) is 4.57.